The number of H-pyrrole nitrogens is 1. The van der Waals surface area contributed by atoms with E-state index in [2.05, 4.69) is 49.7 Å². The van der Waals surface area contributed by atoms with E-state index in [9.17, 15) is 5.11 Å². The molecule has 1 aliphatic carbocycles. The van der Waals surface area contributed by atoms with Crippen molar-refractivity contribution in [3.8, 4) is 0 Å². The number of fused-ring (bicyclic) bond motifs is 1. The molecule has 1 fully saturated rings. The van der Waals surface area contributed by atoms with Crippen molar-refractivity contribution in [2.45, 2.75) is 38.2 Å². The van der Waals surface area contributed by atoms with Gasteiger partial charge in [-0.2, -0.15) is 5.10 Å². The van der Waals surface area contributed by atoms with Crippen molar-refractivity contribution in [3.63, 3.8) is 0 Å². The lowest BCUT2D eigenvalue weighted by Crippen LogP contribution is -2.34. The van der Waals surface area contributed by atoms with Crippen LogP contribution in [0.4, 0.5) is 5.82 Å². The van der Waals surface area contributed by atoms with Gasteiger partial charge in [-0.1, -0.05) is 30.3 Å². The summed E-state index contributed by atoms with van der Waals surface area (Å²) in [5.74, 6) is 1.99. The number of aromatic amines is 1. The number of nitrogens with zero attached hydrogens (tertiary/aromatic N) is 3. The molecule has 136 valence electrons. The van der Waals surface area contributed by atoms with Gasteiger partial charge in [0.15, 0.2) is 5.65 Å². The number of hydrogen-bond acceptors (Lipinski definition) is 5. The Kier molecular flexibility index (Phi) is 5.11. The Balaban J connectivity index is 1.17. The van der Waals surface area contributed by atoms with Crippen LogP contribution in [0.5, 0.6) is 0 Å². The fourth-order valence-electron chi connectivity index (χ4n) is 3.83. The summed E-state index contributed by atoms with van der Waals surface area (Å²) in [6.07, 6.45) is 8.30. The van der Waals surface area contributed by atoms with Crippen LogP contribution in [-0.4, -0.2) is 37.9 Å². The minimum absolute atomic E-state index is 0.174. The van der Waals surface area contributed by atoms with Gasteiger partial charge in [0.25, 0.3) is 0 Å². The molecule has 0 saturated heterocycles. The van der Waals surface area contributed by atoms with Gasteiger partial charge in [-0.25, -0.2) is 9.97 Å². The molecular weight excluding hydrogens is 326 g/mol. The Morgan fingerprint density at radius 3 is 2.88 bits per heavy atom. The maximum absolute atomic E-state index is 10.4. The Bertz CT molecular complexity index is 828. The highest BCUT2D eigenvalue weighted by Crippen LogP contribution is 2.39. The lowest BCUT2D eigenvalue weighted by Gasteiger charge is -2.38. The monoisotopic (exact) mass is 351 g/mol. The van der Waals surface area contributed by atoms with Crippen LogP contribution in [0, 0.1) is 11.8 Å². The molecule has 1 aromatic carbocycles. The Morgan fingerprint density at radius 1 is 1.19 bits per heavy atom. The summed E-state index contributed by atoms with van der Waals surface area (Å²) in [6.45, 7) is 0.884. The molecule has 1 saturated carbocycles. The van der Waals surface area contributed by atoms with Gasteiger partial charge in [-0.3, -0.25) is 5.10 Å². The third-order valence-electron chi connectivity index (χ3n) is 5.48. The molecule has 26 heavy (non-hydrogen) atoms. The lowest BCUT2D eigenvalue weighted by atomic mass is 9.70. The average molecular weight is 351 g/mol. The van der Waals surface area contributed by atoms with Gasteiger partial charge in [-0.15, -0.1) is 0 Å². The van der Waals surface area contributed by atoms with E-state index in [1.54, 1.807) is 12.5 Å². The number of aryl methyl sites for hydroxylation is 1. The summed E-state index contributed by atoms with van der Waals surface area (Å²) in [4.78, 5) is 8.44. The zero-order chi connectivity index (χ0) is 17.8. The maximum atomic E-state index is 10.4. The predicted octanol–water partition coefficient (Wildman–Crippen LogP) is 3.17. The first kappa shape index (κ1) is 17.0. The minimum atomic E-state index is -0.174. The Morgan fingerprint density at radius 2 is 2.04 bits per heavy atom. The first-order chi connectivity index (χ1) is 12.8. The van der Waals surface area contributed by atoms with E-state index in [1.165, 1.54) is 5.56 Å². The fourth-order valence-corrected chi connectivity index (χ4v) is 3.83. The fraction of sp³-hybridized carbons (Fsp3) is 0.450. The van der Waals surface area contributed by atoms with E-state index in [4.69, 9.17) is 0 Å². The van der Waals surface area contributed by atoms with Crippen molar-refractivity contribution in [3.05, 3.63) is 48.4 Å². The molecule has 0 bridgehead atoms. The van der Waals surface area contributed by atoms with E-state index in [0.717, 1.165) is 55.5 Å². The van der Waals surface area contributed by atoms with Crippen LogP contribution in [-0.2, 0) is 6.42 Å². The van der Waals surface area contributed by atoms with Gasteiger partial charge in [0.2, 0.25) is 0 Å². The molecule has 0 aliphatic heterocycles. The molecular formula is C20H25N5O. The van der Waals surface area contributed by atoms with Crippen molar-refractivity contribution in [2.24, 2.45) is 11.8 Å². The number of anilines is 1. The molecule has 1 atom stereocenters. The molecule has 1 aliphatic rings. The van der Waals surface area contributed by atoms with Crippen LogP contribution >= 0.6 is 0 Å². The molecule has 0 radical (unpaired) electrons. The van der Waals surface area contributed by atoms with Crippen LogP contribution in [0.15, 0.2) is 42.9 Å². The van der Waals surface area contributed by atoms with Crippen molar-refractivity contribution in [1.29, 1.82) is 0 Å². The maximum Gasteiger partial charge on any atom is 0.160 e. The molecule has 2 aromatic heterocycles. The predicted molar refractivity (Wildman–Crippen MR) is 102 cm³/mol. The van der Waals surface area contributed by atoms with Crippen molar-refractivity contribution in [1.82, 2.24) is 20.2 Å². The second kappa shape index (κ2) is 7.83. The summed E-state index contributed by atoms with van der Waals surface area (Å²) in [7, 11) is 0. The van der Waals surface area contributed by atoms with Crippen LogP contribution in [0.1, 0.15) is 31.2 Å². The standard InChI is InChI=1S/C20H25N5O/c26-18(7-6-14-4-2-1-3-5-14)16-10-15(11-16)8-9-21-19-17-12-24-25-20(17)23-13-22-19/h1-5,12-13,15-16,18,26H,6-11H2,(H2,21,22,23,24,25)/t15?,16?,18-/m1/s1. The molecule has 0 unspecified atom stereocenters. The number of hydrogen-bond donors (Lipinski definition) is 3. The van der Waals surface area contributed by atoms with Gasteiger partial charge in [0.05, 0.1) is 17.7 Å². The quantitative estimate of drug-likeness (QED) is 0.580. The van der Waals surface area contributed by atoms with Gasteiger partial charge in [0, 0.05) is 6.54 Å². The Labute approximate surface area is 153 Å². The van der Waals surface area contributed by atoms with E-state index < -0.39 is 0 Å². The first-order valence-corrected chi connectivity index (χ1v) is 9.39. The number of aliphatic hydroxyl groups is 1. The smallest absolute Gasteiger partial charge is 0.160 e. The summed E-state index contributed by atoms with van der Waals surface area (Å²) in [5.41, 5.74) is 2.06. The largest absolute Gasteiger partial charge is 0.393 e. The molecule has 4 rings (SSSR count). The number of rotatable bonds is 8. The summed E-state index contributed by atoms with van der Waals surface area (Å²) < 4.78 is 0. The third-order valence-corrected chi connectivity index (χ3v) is 5.48. The molecule has 3 aromatic rings. The molecule has 0 spiro atoms. The highest BCUT2D eigenvalue weighted by molar-refractivity contribution is 5.85. The van der Waals surface area contributed by atoms with Gasteiger partial charge < -0.3 is 10.4 Å². The van der Waals surface area contributed by atoms with Crippen LogP contribution in [0.3, 0.4) is 0 Å². The number of benzene rings is 1. The van der Waals surface area contributed by atoms with Crippen molar-refractivity contribution >= 4 is 16.9 Å². The van der Waals surface area contributed by atoms with E-state index in [1.807, 2.05) is 6.07 Å². The van der Waals surface area contributed by atoms with E-state index in [0.29, 0.717) is 11.8 Å². The topological polar surface area (TPSA) is 86.7 Å². The van der Waals surface area contributed by atoms with E-state index in [-0.39, 0.29) is 6.10 Å². The third kappa shape index (κ3) is 3.85. The van der Waals surface area contributed by atoms with Gasteiger partial charge in [0.1, 0.15) is 12.1 Å². The molecule has 2 heterocycles. The van der Waals surface area contributed by atoms with Crippen LogP contribution in [0.25, 0.3) is 11.0 Å². The summed E-state index contributed by atoms with van der Waals surface area (Å²) >= 11 is 0. The van der Waals surface area contributed by atoms with Gasteiger partial charge >= 0.3 is 0 Å². The van der Waals surface area contributed by atoms with Crippen molar-refractivity contribution in [2.75, 3.05) is 11.9 Å². The normalized spacial score (nSPS) is 20.7. The molecule has 6 heteroatoms. The average Bonchev–Trinajstić information content (AvgIpc) is 3.12. The highest BCUT2D eigenvalue weighted by Gasteiger charge is 2.33. The number of aliphatic hydroxyl groups excluding tert-OH is 1. The second-order valence-electron chi connectivity index (χ2n) is 7.26. The zero-order valence-electron chi connectivity index (χ0n) is 14.8. The number of nitrogens with one attached hydrogen (secondary N) is 2. The molecule has 6 nitrogen and oxygen atoms in total. The van der Waals surface area contributed by atoms with Crippen LogP contribution < -0.4 is 5.32 Å². The zero-order valence-corrected chi connectivity index (χ0v) is 14.8. The minimum Gasteiger partial charge on any atom is -0.393 e. The Hall–Kier alpha value is -2.47. The molecule has 0 amide bonds. The summed E-state index contributed by atoms with van der Waals surface area (Å²) in [6, 6.07) is 10.4. The van der Waals surface area contributed by atoms with Crippen LogP contribution in [0.2, 0.25) is 0 Å². The second-order valence-corrected chi connectivity index (χ2v) is 7.26. The SMILES string of the molecule is O[C@H](CCc1ccccc1)C1CC(CCNc2ncnc3[nH]ncc23)C1. The summed E-state index contributed by atoms with van der Waals surface area (Å²) in [5, 5.41) is 21.6. The van der Waals surface area contributed by atoms with Gasteiger partial charge in [-0.05, 0) is 49.5 Å². The molecule has 3 N–H and O–H groups in total. The number of aromatic nitrogens is 4. The van der Waals surface area contributed by atoms with E-state index >= 15 is 0 Å². The lowest BCUT2D eigenvalue weighted by molar-refractivity contribution is 0.0210. The first-order valence-electron chi connectivity index (χ1n) is 9.39. The van der Waals surface area contributed by atoms with Crippen molar-refractivity contribution < 1.29 is 5.11 Å². The highest BCUT2D eigenvalue weighted by atomic mass is 16.3.